The first-order valence-corrected chi connectivity index (χ1v) is 8.88. The van der Waals surface area contributed by atoms with Gasteiger partial charge in [0.1, 0.15) is 5.75 Å². The average Bonchev–Trinajstić information content (AvgIpc) is 2.55. The molecule has 0 aliphatic heterocycles. The number of sulfone groups is 1. The summed E-state index contributed by atoms with van der Waals surface area (Å²) in [4.78, 5) is 12.5. The third-order valence-corrected chi connectivity index (χ3v) is 5.25. The molecule has 1 amide bonds. The molecular weight excluding hydrogens is 338 g/mol. The largest absolute Gasteiger partial charge is 0.495 e. The lowest BCUT2D eigenvalue weighted by Gasteiger charge is -2.11. The maximum atomic E-state index is 12.3. The number of benzene rings is 2. The summed E-state index contributed by atoms with van der Waals surface area (Å²) in [6.07, 6.45) is 0. The lowest BCUT2D eigenvalue weighted by Crippen LogP contribution is -2.13. The number of carbonyl (C=O) groups is 1. The maximum Gasteiger partial charge on any atom is 0.255 e. The van der Waals surface area contributed by atoms with Gasteiger partial charge in [-0.3, -0.25) is 4.79 Å². The van der Waals surface area contributed by atoms with Crippen molar-refractivity contribution < 1.29 is 17.9 Å². The van der Waals surface area contributed by atoms with Gasteiger partial charge in [0.2, 0.25) is 0 Å². The Hall–Kier alpha value is -2.05. The molecule has 0 saturated heterocycles. The zero-order chi connectivity index (χ0) is 17.0. The van der Waals surface area contributed by atoms with Gasteiger partial charge in [-0.2, -0.15) is 0 Å². The summed E-state index contributed by atoms with van der Waals surface area (Å²) in [5.74, 6) is 0.108. The van der Waals surface area contributed by atoms with Crippen molar-refractivity contribution in [2.24, 2.45) is 0 Å². The molecule has 2 aromatic carbocycles. The number of amides is 1. The van der Waals surface area contributed by atoms with E-state index in [4.69, 9.17) is 16.3 Å². The zero-order valence-corrected chi connectivity index (χ0v) is 14.2. The highest BCUT2D eigenvalue weighted by Gasteiger charge is 2.14. The molecule has 0 unspecified atom stereocenters. The number of hydrogen-bond donors (Lipinski definition) is 1. The van der Waals surface area contributed by atoms with Gasteiger partial charge in [0.25, 0.3) is 5.91 Å². The minimum absolute atomic E-state index is 0.0122. The summed E-state index contributed by atoms with van der Waals surface area (Å²) in [6.45, 7) is 1.57. The molecule has 122 valence electrons. The van der Waals surface area contributed by atoms with Crippen molar-refractivity contribution in [1.82, 2.24) is 0 Å². The SMILES string of the molecule is CCS(=O)(=O)c1ccc(C(=O)Nc2cc(Cl)ccc2OC)cc1. The molecule has 0 atom stereocenters. The van der Waals surface area contributed by atoms with Gasteiger partial charge in [0.15, 0.2) is 9.84 Å². The Morgan fingerprint density at radius 2 is 1.83 bits per heavy atom. The highest BCUT2D eigenvalue weighted by Crippen LogP contribution is 2.28. The molecule has 0 aliphatic carbocycles. The van der Waals surface area contributed by atoms with Gasteiger partial charge in [0.05, 0.1) is 23.4 Å². The third kappa shape index (κ3) is 4.03. The van der Waals surface area contributed by atoms with E-state index in [1.165, 1.54) is 31.4 Å². The molecular formula is C16H16ClNO4S. The molecule has 0 fully saturated rings. The van der Waals surface area contributed by atoms with Crippen molar-refractivity contribution in [2.45, 2.75) is 11.8 Å². The van der Waals surface area contributed by atoms with Crippen LogP contribution in [0.25, 0.3) is 0 Å². The van der Waals surface area contributed by atoms with Gasteiger partial charge in [-0.05, 0) is 42.5 Å². The van der Waals surface area contributed by atoms with Crippen molar-refractivity contribution in [3.8, 4) is 5.75 Å². The molecule has 5 nitrogen and oxygen atoms in total. The van der Waals surface area contributed by atoms with Crippen LogP contribution in [0.5, 0.6) is 5.75 Å². The van der Waals surface area contributed by atoms with Gasteiger partial charge < -0.3 is 10.1 Å². The predicted octanol–water partition coefficient (Wildman–Crippen LogP) is 3.39. The molecule has 23 heavy (non-hydrogen) atoms. The van der Waals surface area contributed by atoms with Crippen molar-refractivity contribution in [3.05, 3.63) is 53.1 Å². The molecule has 2 aromatic rings. The lowest BCUT2D eigenvalue weighted by atomic mass is 10.2. The van der Waals surface area contributed by atoms with Crippen LogP contribution in [0.1, 0.15) is 17.3 Å². The minimum atomic E-state index is -3.28. The smallest absolute Gasteiger partial charge is 0.255 e. The Morgan fingerprint density at radius 1 is 1.17 bits per heavy atom. The van der Waals surface area contributed by atoms with Gasteiger partial charge in [-0.25, -0.2) is 8.42 Å². The third-order valence-electron chi connectivity index (χ3n) is 3.27. The van der Waals surface area contributed by atoms with Crippen molar-refractivity contribution >= 4 is 33.0 Å². The predicted molar refractivity (Wildman–Crippen MR) is 90.1 cm³/mol. The zero-order valence-electron chi connectivity index (χ0n) is 12.7. The number of ether oxygens (including phenoxy) is 1. The monoisotopic (exact) mass is 353 g/mol. The number of anilines is 1. The van der Waals surface area contributed by atoms with E-state index in [9.17, 15) is 13.2 Å². The van der Waals surface area contributed by atoms with Crippen LogP contribution in [-0.4, -0.2) is 27.2 Å². The second-order valence-electron chi connectivity index (χ2n) is 4.73. The van der Waals surface area contributed by atoms with E-state index in [1.807, 2.05) is 0 Å². The summed E-state index contributed by atoms with van der Waals surface area (Å²) in [5, 5.41) is 3.16. The van der Waals surface area contributed by atoms with E-state index >= 15 is 0 Å². The summed E-state index contributed by atoms with van der Waals surface area (Å²) in [7, 11) is -1.80. The molecule has 0 aliphatic rings. The van der Waals surface area contributed by atoms with Gasteiger partial charge in [-0.15, -0.1) is 0 Å². The second-order valence-corrected chi connectivity index (χ2v) is 7.44. The van der Waals surface area contributed by atoms with Crippen LogP contribution in [-0.2, 0) is 9.84 Å². The van der Waals surface area contributed by atoms with E-state index in [0.29, 0.717) is 22.0 Å². The quantitative estimate of drug-likeness (QED) is 0.894. The first kappa shape index (κ1) is 17.3. The summed E-state index contributed by atoms with van der Waals surface area (Å²) in [5.41, 5.74) is 0.775. The summed E-state index contributed by atoms with van der Waals surface area (Å²) >= 11 is 5.92. The van der Waals surface area contributed by atoms with Gasteiger partial charge >= 0.3 is 0 Å². The Morgan fingerprint density at radius 3 is 2.39 bits per heavy atom. The van der Waals surface area contributed by atoms with Crippen LogP contribution in [0.15, 0.2) is 47.4 Å². The maximum absolute atomic E-state index is 12.3. The number of hydrogen-bond acceptors (Lipinski definition) is 4. The van der Waals surface area contributed by atoms with E-state index in [2.05, 4.69) is 5.32 Å². The first-order valence-electron chi connectivity index (χ1n) is 6.85. The topological polar surface area (TPSA) is 72.5 Å². The Kier molecular flexibility index (Phi) is 5.28. The normalized spacial score (nSPS) is 11.1. The van der Waals surface area contributed by atoms with Crippen LogP contribution < -0.4 is 10.1 Å². The molecule has 1 N–H and O–H groups in total. The number of rotatable bonds is 5. The van der Waals surface area contributed by atoms with Gasteiger partial charge in [-0.1, -0.05) is 18.5 Å². The lowest BCUT2D eigenvalue weighted by molar-refractivity contribution is 0.102. The fourth-order valence-electron chi connectivity index (χ4n) is 1.95. The Bertz CT molecular complexity index is 816. The Balaban J connectivity index is 2.23. The first-order chi connectivity index (χ1) is 10.9. The molecule has 0 heterocycles. The average molecular weight is 354 g/mol. The number of halogens is 1. The number of carbonyl (C=O) groups excluding carboxylic acids is 1. The van der Waals surface area contributed by atoms with E-state index in [1.54, 1.807) is 25.1 Å². The van der Waals surface area contributed by atoms with Crippen LogP contribution >= 0.6 is 11.6 Å². The highest BCUT2D eigenvalue weighted by atomic mass is 35.5. The molecule has 7 heteroatoms. The highest BCUT2D eigenvalue weighted by molar-refractivity contribution is 7.91. The second kappa shape index (κ2) is 7.02. The standard InChI is InChI=1S/C16H16ClNO4S/c1-3-23(20,21)13-7-4-11(5-8-13)16(19)18-14-10-12(17)6-9-15(14)22-2/h4-10H,3H2,1-2H3,(H,18,19). The van der Waals surface area contributed by atoms with Crippen LogP contribution in [0.4, 0.5) is 5.69 Å². The van der Waals surface area contributed by atoms with Crippen LogP contribution in [0, 0.1) is 0 Å². The van der Waals surface area contributed by atoms with E-state index in [0.717, 1.165) is 0 Å². The van der Waals surface area contributed by atoms with Crippen LogP contribution in [0.2, 0.25) is 5.02 Å². The molecule has 0 aromatic heterocycles. The molecule has 0 saturated carbocycles. The summed E-state index contributed by atoms with van der Waals surface area (Å²) < 4.78 is 28.7. The van der Waals surface area contributed by atoms with E-state index in [-0.39, 0.29) is 16.6 Å². The fraction of sp³-hybridized carbons (Fsp3) is 0.188. The van der Waals surface area contributed by atoms with E-state index < -0.39 is 9.84 Å². The van der Waals surface area contributed by atoms with Crippen molar-refractivity contribution in [3.63, 3.8) is 0 Å². The van der Waals surface area contributed by atoms with Crippen LogP contribution in [0.3, 0.4) is 0 Å². The number of nitrogens with one attached hydrogen (secondary N) is 1. The molecule has 0 radical (unpaired) electrons. The Labute approximate surface area is 140 Å². The number of methoxy groups -OCH3 is 1. The summed E-state index contributed by atoms with van der Waals surface area (Å²) in [6, 6.07) is 10.7. The molecule has 0 bridgehead atoms. The van der Waals surface area contributed by atoms with Crippen molar-refractivity contribution in [2.75, 3.05) is 18.2 Å². The molecule has 2 rings (SSSR count). The molecule has 0 spiro atoms. The fourth-order valence-corrected chi connectivity index (χ4v) is 3.01. The van der Waals surface area contributed by atoms with Crippen molar-refractivity contribution in [1.29, 1.82) is 0 Å². The van der Waals surface area contributed by atoms with Gasteiger partial charge in [0, 0.05) is 10.6 Å². The minimum Gasteiger partial charge on any atom is -0.495 e.